The minimum atomic E-state index is -2.96. The SMILES string of the molecule is CC(C)(CCC(F)(F)Br)C(=O)O. The molecular weight excluding hydrogens is 234 g/mol. The maximum absolute atomic E-state index is 12.2. The lowest BCUT2D eigenvalue weighted by atomic mass is 9.88. The molecule has 0 unspecified atom stereocenters. The van der Waals surface area contributed by atoms with Gasteiger partial charge in [0.1, 0.15) is 0 Å². The predicted octanol–water partition coefficient (Wildman–Crippen LogP) is 2.87. The van der Waals surface area contributed by atoms with Gasteiger partial charge in [-0.05, 0) is 36.2 Å². The largest absolute Gasteiger partial charge is 0.481 e. The van der Waals surface area contributed by atoms with Gasteiger partial charge in [-0.3, -0.25) is 4.79 Å². The molecule has 72 valence electrons. The van der Waals surface area contributed by atoms with Crippen molar-refractivity contribution in [3.8, 4) is 0 Å². The van der Waals surface area contributed by atoms with E-state index in [0.717, 1.165) is 0 Å². The Labute approximate surface area is 78.1 Å². The van der Waals surface area contributed by atoms with Crippen LogP contribution in [0, 0.1) is 5.41 Å². The van der Waals surface area contributed by atoms with Crippen molar-refractivity contribution in [3.63, 3.8) is 0 Å². The van der Waals surface area contributed by atoms with Crippen LogP contribution in [-0.4, -0.2) is 15.9 Å². The first-order valence-corrected chi connectivity index (χ1v) is 4.24. The molecule has 12 heavy (non-hydrogen) atoms. The summed E-state index contributed by atoms with van der Waals surface area (Å²) in [5, 5.41) is 8.58. The van der Waals surface area contributed by atoms with Crippen molar-refractivity contribution in [1.82, 2.24) is 0 Å². The summed E-state index contributed by atoms with van der Waals surface area (Å²) >= 11 is 2.15. The van der Waals surface area contributed by atoms with Crippen LogP contribution in [0.25, 0.3) is 0 Å². The molecule has 0 radical (unpaired) electrons. The maximum Gasteiger partial charge on any atom is 0.309 e. The third-order valence-electron chi connectivity index (χ3n) is 1.61. The maximum atomic E-state index is 12.2. The second kappa shape index (κ2) is 3.68. The van der Waals surface area contributed by atoms with Crippen LogP contribution in [-0.2, 0) is 4.79 Å². The zero-order valence-electron chi connectivity index (χ0n) is 6.90. The van der Waals surface area contributed by atoms with E-state index in [1.54, 1.807) is 0 Å². The van der Waals surface area contributed by atoms with Crippen molar-refractivity contribution >= 4 is 21.9 Å². The van der Waals surface area contributed by atoms with Crippen molar-refractivity contribution in [2.45, 2.75) is 31.5 Å². The average molecular weight is 245 g/mol. The van der Waals surface area contributed by atoms with Crippen molar-refractivity contribution in [3.05, 3.63) is 0 Å². The molecule has 0 amide bonds. The van der Waals surface area contributed by atoms with Gasteiger partial charge >= 0.3 is 10.8 Å². The molecule has 0 bridgehead atoms. The van der Waals surface area contributed by atoms with E-state index in [0.29, 0.717) is 0 Å². The van der Waals surface area contributed by atoms with Crippen LogP contribution in [0.4, 0.5) is 8.78 Å². The lowest BCUT2D eigenvalue weighted by molar-refractivity contribution is -0.147. The second-order valence-corrected chi connectivity index (χ2v) is 4.46. The first kappa shape index (κ1) is 11.8. The molecule has 5 heteroatoms. The van der Waals surface area contributed by atoms with E-state index < -0.39 is 22.6 Å². The van der Waals surface area contributed by atoms with Crippen molar-refractivity contribution in [2.75, 3.05) is 0 Å². The third kappa shape index (κ3) is 4.64. The van der Waals surface area contributed by atoms with Crippen molar-refractivity contribution < 1.29 is 18.7 Å². The standard InChI is InChI=1S/C7H11BrF2O2/c1-6(2,5(11)12)3-4-7(8,9)10/h3-4H2,1-2H3,(H,11,12). The number of hydrogen-bond acceptors (Lipinski definition) is 1. The van der Waals surface area contributed by atoms with Gasteiger partial charge in [0.15, 0.2) is 0 Å². The van der Waals surface area contributed by atoms with E-state index in [1.807, 2.05) is 0 Å². The van der Waals surface area contributed by atoms with Gasteiger partial charge < -0.3 is 5.11 Å². The summed E-state index contributed by atoms with van der Waals surface area (Å²) in [4.78, 5) is 7.52. The molecule has 0 heterocycles. The number of carboxylic acid groups (broad SMARTS) is 1. The molecule has 0 aliphatic rings. The zero-order valence-corrected chi connectivity index (χ0v) is 8.49. The number of carbonyl (C=O) groups is 1. The molecule has 0 rings (SSSR count). The van der Waals surface area contributed by atoms with Crippen molar-refractivity contribution in [1.29, 1.82) is 0 Å². The molecule has 0 aromatic heterocycles. The Morgan fingerprint density at radius 1 is 1.42 bits per heavy atom. The number of rotatable bonds is 4. The van der Waals surface area contributed by atoms with Gasteiger partial charge in [-0.1, -0.05) is 0 Å². The highest BCUT2D eigenvalue weighted by molar-refractivity contribution is 9.09. The lowest BCUT2D eigenvalue weighted by Gasteiger charge is -2.20. The third-order valence-corrected chi connectivity index (χ3v) is 2.01. The molecule has 1 N–H and O–H groups in total. The Kier molecular flexibility index (Phi) is 3.62. The van der Waals surface area contributed by atoms with Gasteiger partial charge in [0.25, 0.3) is 0 Å². The van der Waals surface area contributed by atoms with Crippen LogP contribution >= 0.6 is 15.9 Å². The van der Waals surface area contributed by atoms with E-state index in [4.69, 9.17) is 5.11 Å². The molecule has 2 nitrogen and oxygen atoms in total. The summed E-state index contributed by atoms with van der Waals surface area (Å²) < 4.78 is 24.5. The first-order chi connectivity index (χ1) is 5.15. The Morgan fingerprint density at radius 2 is 1.83 bits per heavy atom. The zero-order chi connectivity index (χ0) is 9.99. The van der Waals surface area contributed by atoms with Gasteiger partial charge in [-0.15, -0.1) is 0 Å². The highest BCUT2D eigenvalue weighted by atomic mass is 79.9. The van der Waals surface area contributed by atoms with Crippen LogP contribution in [0.2, 0.25) is 0 Å². The predicted molar refractivity (Wildman–Crippen MR) is 44.5 cm³/mol. The smallest absolute Gasteiger partial charge is 0.309 e. The summed E-state index contributed by atoms with van der Waals surface area (Å²) in [5.74, 6) is -1.06. The highest BCUT2D eigenvalue weighted by Gasteiger charge is 2.32. The van der Waals surface area contributed by atoms with Gasteiger partial charge in [0.05, 0.1) is 5.41 Å². The summed E-state index contributed by atoms with van der Waals surface area (Å²) in [6.07, 6.45) is -0.521. The molecule has 0 spiro atoms. The fourth-order valence-electron chi connectivity index (χ4n) is 0.561. The highest BCUT2D eigenvalue weighted by Crippen LogP contribution is 2.33. The Hall–Kier alpha value is -0.190. The lowest BCUT2D eigenvalue weighted by Crippen LogP contribution is -2.25. The van der Waals surface area contributed by atoms with E-state index in [2.05, 4.69) is 15.9 Å². The molecule has 0 aromatic rings. The molecule has 0 saturated heterocycles. The molecule has 0 aliphatic carbocycles. The summed E-state index contributed by atoms with van der Waals surface area (Å²) in [6, 6.07) is 0. The van der Waals surface area contributed by atoms with E-state index >= 15 is 0 Å². The average Bonchev–Trinajstić information content (AvgIpc) is 1.82. The molecule has 0 aromatic carbocycles. The molecular formula is C7H11BrF2O2. The molecule has 0 atom stereocenters. The van der Waals surface area contributed by atoms with E-state index in [9.17, 15) is 13.6 Å². The van der Waals surface area contributed by atoms with Gasteiger partial charge in [0, 0.05) is 6.42 Å². The molecule has 0 saturated carbocycles. The summed E-state index contributed by atoms with van der Waals surface area (Å²) in [6.45, 7) is 2.85. The number of carboxylic acids is 1. The van der Waals surface area contributed by atoms with Crippen LogP contribution in [0.5, 0.6) is 0 Å². The normalized spacial score (nSPS) is 13.1. The second-order valence-electron chi connectivity index (χ2n) is 3.30. The summed E-state index contributed by atoms with van der Waals surface area (Å²) in [7, 11) is 0. The Balaban J connectivity index is 4.01. The van der Waals surface area contributed by atoms with Crippen LogP contribution in [0.3, 0.4) is 0 Å². The quantitative estimate of drug-likeness (QED) is 0.773. The van der Waals surface area contributed by atoms with E-state index in [1.165, 1.54) is 13.8 Å². The van der Waals surface area contributed by atoms with Crippen LogP contribution < -0.4 is 0 Å². The first-order valence-electron chi connectivity index (χ1n) is 3.45. The van der Waals surface area contributed by atoms with Gasteiger partial charge in [-0.25, -0.2) is 0 Å². The van der Waals surface area contributed by atoms with E-state index in [-0.39, 0.29) is 6.42 Å². The van der Waals surface area contributed by atoms with Crippen LogP contribution in [0.15, 0.2) is 0 Å². The van der Waals surface area contributed by atoms with Gasteiger partial charge in [0.2, 0.25) is 0 Å². The number of aliphatic carboxylic acids is 1. The summed E-state index contributed by atoms with van der Waals surface area (Å²) in [5.41, 5.74) is -1.09. The monoisotopic (exact) mass is 244 g/mol. The van der Waals surface area contributed by atoms with Crippen LogP contribution in [0.1, 0.15) is 26.7 Å². The molecule has 0 fully saturated rings. The molecule has 0 aliphatic heterocycles. The minimum Gasteiger partial charge on any atom is -0.481 e. The van der Waals surface area contributed by atoms with Crippen molar-refractivity contribution in [2.24, 2.45) is 5.41 Å². The topological polar surface area (TPSA) is 37.3 Å². The number of alkyl halides is 3. The number of hydrogen-bond donors (Lipinski definition) is 1. The fourth-order valence-corrected chi connectivity index (χ4v) is 0.759. The Morgan fingerprint density at radius 3 is 2.08 bits per heavy atom. The minimum absolute atomic E-state index is 0.0550. The van der Waals surface area contributed by atoms with Gasteiger partial charge in [-0.2, -0.15) is 8.78 Å². The Bertz CT molecular complexity index is 175. The number of halogens is 3. The fraction of sp³-hybridized carbons (Fsp3) is 0.857.